The fourth-order valence-corrected chi connectivity index (χ4v) is 2.66. The molecule has 0 saturated carbocycles. The highest BCUT2D eigenvalue weighted by Crippen LogP contribution is 2.24. The summed E-state index contributed by atoms with van der Waals surface area (Å²) in [6.07, 6.45) is -0.0430. The van der Waals surface area contributed by atoms with Gasteiger partial charge >= 0.3 is 5.97 Å². The van der Waals surface area contributed by atoms with Crippen molar-refractivity contribution < 1.29 is 14.6 Å². The van der Waals surface area contributed by atoms with E-state index in [4.69, 9.17) is 9.84 Å². The van der Waals surface area contributed by atoms with Crippen LogP contribution in [0, 0.1) is 6.92 Å². The quantitative estimate of drug-likeness (QED) is 0.856. The number of carboxylic acids is 1. The molecule has 0 unspecified atom stereocenters. The number of hydrogen-bond acceptors (Lipinski definition) is 5. The van der Waals surface area contributed by atoms with Gasteiger partial charge in [-0.1, -0.05) is 18.2 Å². The molecule has 0 aliphatic heterocycles. The Morgan fingerprint density at radius 2 is 2.20 bits per heavy atom. The van der Waals surface area contributed by atoms with E-state index in [1.165, 1.54) is 11.3 Å². The number of hydrogen-bond donors (Lipinski definition) is 2. The molecule has 0 bridgehead atoms. The first-order valence-corrected chi connectivity index (χ1v) is 6.95. The molecule has 20 heavy (non-hydrogen) atoms. The van der Waals surface area contributed by atoms with Gasteiger partial charge in [0.2, 0.25) is 0 Å². The summed E-state index contributed by atoms with van der Waals surface area (Å²) in [6.45, 7) is 2.47. The van der Waals surface area contributed by atoms with Crippen molar-refractivity contribution >= 4 is 22.4 Å². The van der Waals surface area contributed by atoms with E-state index in [-0.39, 0.29) is 6.42 Å². The maximum absolute atomic E-state index is 10.7. The normalized spacial score (nSPS) is 10.3. The van der Waals surface area contributed by atoms with Crippen LogP contribution in [0.4, 0.5) is 5.13 Å². The lowest BCUT2D eigenvalue weighted by atomic mass is 10.2. The van der Waals surface area contributed by atoms with E-state index in [1.807, 2.05) is 31.2 Å². The number of rotatable bonds is 6. The van der Waals surface area contributed by atoms with Crippen molar-refractivity contribution in [2.45, 2.75) is 19.9 Å². The first-order chi connectivity index (χ1) is 9.60. The van der Waals surface area contributed by atoms with Crippen LogP contribution < -0.4 is 10.1 Å². The Morgan fingerprint density at radius 3 is 2.90 bits per heavy atom. The molecule has 106 valence electrons. The van der Waals surface area contributed by atoms with Crippen LogP contribution in [0.3, 0.4) is 0 Å². The third-order valence-electron chi connectivity index (χ3n) is 2.83. The van der Waals surface area contributed by atoms with Gasteiger partial charge in [-0.05, 0) is 13.0 Å². The van der Waals surface area contributed by atoms with Gasteiger partial charge in [-0.3, -0.25) is 4.79 Å². The Labute approximate surface area is 121 Å². The zero-order valence-electron chi connectivity index (χ0n) is 11.3. The van der Waals surface area contributed by atoms with Crippen LogP contribution >= 0.6 is 11.3 Å². The van der Waals surface area contributed by atoms with Crippen LogP contribution in [-0.2, 0) is 17.8 Å². The largest absolute Gasteiger partial charge is 0.496 e. The smallest absolute Gasteiger partial charge is 0.309 e. The number of thiazole rings is 1. The lowest BCUT2D eigenvalue weighted by molar-refractivity contribution is -0.136. The number of aromatic nitrogens is 1. The second-order valence-corrected chi connectivity index (χ2v) is 5.46. The Morgan fingerprint density at radius 1 is 1.45 bits per heavy atom. The highest BCUT2D eigenvalue weighted by Gasteiger charge is 2.11. The lowest BCUT2D eigenvalue weighted by Gasteiger charge is -2.08. The third kappa shape index (κ3) is 3.48. The topological polar surface area (TPSA) is 71.5 Å². The summed E-state index contributed by atoms with van der Waals surface area (Å²) in [6, 6.07) is 7.74. The van der Waals surface area contributed by atoms with Crippen LogP contribution in [0.15, 0.2) is 24.3 Å². The van der Waals surface area contributed by atoms with Gasteiger partial charge in [0, 0.05) is 17.0 Å². The number of aryl methyl sites for hydroxylation is 1. The summed E-state index contributed by atoms with van der Waals surface area (Å²) >= 11 is 1.46. The molecule has 0 spiro atoms. The Balaban J connectivity index is 2.05. The van der Waals surface area contributed by atoms with Crippen LogP contribution in [0.1, 0.15) is 16.1 Å². The summed E-state index contributed by atoms with van der Waals surface area (Å²) in [5.74, 6) is -0.0475. The van der Waals surface area contributed by atoms with E-state index >= 15 is 0 Å². The van der Waals surface area contributed by atoms with E-state index in [0.717, 1.165) is 21.3 Å². The number of carboxylic acid groups (broad SMARTS) is 1. The van der Waals surface area contributed by atoms with Crippen LogP contribution in [0.25, 0.3) is 0 Å². The monoisotopic (exact) mass is 292 g/mol. The fourth-order valence-electron chi connectivity index (χ4n) is 1.83. The first-order valence-electron chi connectivity index (χ1n) is 6.14. The maximum Gasteiger partial charge on any atom is 0.309 e. The summed E-state index contributed by atoms with van der Waals surface area (Å²) in [7, 11) is 1.64. The molecule has 1 heterocycles. The predicted octanol–water partition coefficient (Wildman–Crippen LogP) is 2.70. The van der Waals surface area contributed by atoms with Gasteiger partial charge in [-0.2, -0.15) is 0 Å². The van der Waals surface area contributed by atoms with Gasteiger partial charge in [-0.25, -0.2) is 4.98 Å². The third-order valence-corrected chi connectivity index (χ3v) is 3.80. The number of ether oxygens (including phenoxy) is 1. The molecule has 0 aliphatic carbocycles. The number of benzene rings is 1. The molecule has 0 saturated heterocycles. The molecule has 2 rings (SSSR count). The van der Waals surface area contributed by atoms with E-state index in [0.29, 0.717) is 12.2 Å². The van der Waals surface area contributed by atoms with E-state index in [1.54, 1.807) is 7.11 Å². The van der Waals surface area contributed by atoms with Gasteiger partial charge in [0.15, 0.2) is 5.13 Å². The van der Waals surface area contributed by atoms with Gasteiger partial charge in [-0.15, -0.1) is 11.3 Å². The summed E-state index contributed by atoms with van der Waals surface area (Å²) in [5, 5.41) is 12.7. The summed E-state index contributed by atoms with van der Waals surface area (Å²) in [4.78, 5) is 16.0. The van der Waals surface area contributed by atoms with Crippen molar-refractivity contribution in [3.05, 3.63) is 40.4 Å². The summed E-state index contributed by atoms with van der Waals surface area (Å²) in [5.41, 5.74) is 1.65. The Bertz CT molecular complexity index is 610. The number of carbonyl (C=O) groups is 1. The molecule has 0 atom stereocenters. The van der Waals surface area contributed by atoms with Crippen molar-refractivity contribution in [2.24, 2.45) is 0 Å². The van der Waals surface area contributed by atoms with Crippen LogP contribution in [0.2, 0.25) is 0 Å². The lowest BCUT2D eigenvalue weighted by Crippen LogP contribution is -2.03. The predicted molar refractivity (Wildman–Crippen MR) is 78.5 cm³/mol. The minimum atomic E-state index is -0.866. The fraction of sp³-hybridized carbons (Fsp3) is 0.286. The molecule has 1 aromatic heterocycles. The second kappa shape index (κ2) is 6.38. The van der Waals surface area contributed by atoms with Gasteiger partial charge in [0.05, 0.1) is 19.2 Å². The SMILES string of the molecule is COc1ccccc1CNc1nc(CC(=O)O)c(C)s1. The zero-order valence-corrected chi connectivity index (χ0v) is 12.2. The van der Waals surface area contributed by atoms with Crippen molar-refractivity contribution in [1.29, 1.82) is 0 Å². The Kier molecular flexibility index (Phi) is 4.57. The van der Waals surface area contributed by atoms with Crippen LogP contribution in [0.5, 0.6) is 5.75 Å². The highest BCUT2D eigenvalue weighted by molar-refractivity contribution is 7.15. The maximum atomic E-state index is 10.7. The number of methoxy groups -OCH3 is 1. The number of para-hydroxylation sites is 1. The van der Waals surface area contributed by atoms with Crippen molar-refractivity contribution in [3.8, 4) is 5.75 Å². The van der Waals surface area contributed by atoms with Gasteiger partial charge < -0.3 is 15.2 Å². The molecule has 0 amide bonds. The minimum Gasteiger partial charge on any atom is -0.496 e. The molecule has 1 aromatic carbocycles. The molecule has 5 nitrogen and oxygen atoms in total. The molecular formula is C14H16N2O3S. The van der Waals surface area contributed by atoms with Gasteiger partial charge in [0.1, 0.15) is 5.75 Å². The molecule has 0 fully saturated rings. The zero-order chi connectivity index (χ0) is 14.5. The van der Waals surface area contributed by atoms with Crippen molar-refractivity contribution in [2.75, 3.05) is 12.4 Å². The molecular weight excluding hydrogens is 276 g/mol. The van der Waals surface area contributed by atoms with Crippen LogP contribution in [-0.4, -0.2) is 23.2 Å². The van der Waals surface area contributed by atoms with E-state index in [2.05, 4.69) is 10.3 Å². The van der Waals surface area contributed by atoms with E-state index < -0.39 is 5.97 Å². The molecule has 0 radical (unpaired) electrons. The average Bonchev–Trinajstić information content (AvgIpc) is 2.76. The van der Waals surface area contributed by atoms with E-state index in [9.17, 15) is 4.79 Å². The summed E-state index contributed by atoms with van der Waals surface area (Å²) < 4.78 is 5.28. The first kappa shape index (κ1) is 14.3. The number of nitrogens with one attached hydrogen (secondary N) is 1. The van der Waals surface area contributed by atoms with Gasteiger partial charge in [0.25, 0.3) is 0 Å². The second-order valence-electron chi connectivity index (χ2n) is 4.26. The number of anilines is 1. The number of nitrogens with zero attached hydrogens (tertiary/aromatic N) is 1. The Hall–Kier alpha value is -2.08. The number of aliphatic carboxylic acids is 1. The molecule has 0 aliphatic rings. The molecule has 2 aromatic rings. The van der Waals surface area contributed by atoms with Crippen molar-refractivity contribution in [1.82, 2.24) is 4.98 Å². The van der Waals surface area contributed by atoms with Crippen molar-refractivity contribution in [3.63, 3.8) is 0 Å². The minimum absolute atomic E-state index is 0.0430. The molecule has 2 N–H and O–H groups in total. The highest BCUT2D eigenvalue weighted by atomic mass is 32.1. The molecule has 6 heteroatoms. The standard InChI is InChI=1S/C14H16N2O3S/c1-9-11(7-13(17)18)16-14(20-9)15-8-10-5-3-4-6-12(10)19-2/h3-6H,7-8H2,1-2H3,(H,15,16)(H,17,18). The average molecular weight is 292 g/mol.